The van der Waals surface area contributed by atoms with E-state index in [1.165, 1.54) is 22.1 Å². The third-order valence-corrected chi connectivity index (χ3v) is 3.57. The molecule has 2 nitrogen and oxygen atoms in total. The second-order valence-corrected chi connectivity index (χ2v) is 4.79. The van der Waals surface area contributed by atoms with Crippen LogP contribution in [-0.2, 0) is 6.61 Å². The van der Waals surface area contributed by atoms with Gasteiger partial charge in [0, 0.05) is 10.9 Å². The van der Waals surface area contributed by atoms with Crippen molar-refractivity contribution in [2.24, 2.45) is 0 Å². The maximum absolute atomic E-state index is 9.02. The number of aliphatic hydroxyl groups excluding tert-OH is 1. The van der Waals surface area contributed by atoms with Crippen LogP contribution in [0.25, 0.3) is 22.0 Å². The Hall–Kier alpha value is -1.71. The van der Waals surface area contributed by atoms with Crippen molar-refractivity contribution < 1.29 is 5.11 Å². The fourth-order valence-electron chi connectivity index (χ4n) is 1.86. The number of rotatable bonds is 2. The molecule has 0 aliphatic heterocycles. The van der Waals surface area contributed by atoms with Gasteiger partial charge in [0.15, 0.2) is 0 Å². The van der Waals surface area contributed by atoms with Crippen LogP contribution in [0.4, 0.5) is 0 Å². The van der Waals surface area contributed by atoms with Crippen LogP contribution in [-0.4, -0.2) is 10.1 Å². The van der Waals surface area contributed by atoms with Crippen molar-refractivity contribution in [1.29, 1.82) is 0 Å². The van der Waals surface area contributed by atoms with Crippen LogP contribution < -0.4 is 0 Å². The van der Waals surface area contributed by atoms with Crippen molar-refractivity contribution in [3.05, 3.63) is 52.9 Å². The van der Waals surface area contributed by atoms with Crippen molar-refractivity contribution in [2.75, 3.05) is 0 Å². The summed E-state index contributed by atoms with van der Waals surface area (Å²) in [5.41, 5.74) is 2.03. The molecule has 0 atom stereocenters. The topological polar surface area (TPSA) is 33.1 Å². The first kappa shape index (κ1) is 10.4. The number of hydrogen-bond donors (Lipinski definition) is 1. The standard InChI is InChI=1S/C14H11NOS/c16-8-14-15-13(9-17-14)12-6-5-10-3-1-2-4-11(10)7-12/h1-7,9,16H,8H2. The molecule has 3 heteroatoms. The normalized spacial score (nSPS) is 10.9. The summed E-state index contributed by atoms with van der Waals surface area (Å²) in [7, 11) is 0. The Morgan fingerprint density at radius 2 is 1.88 bits per heavy atom. The largest absolute Gasteiger partial charge is 0.389 e. The fourth-order valence-corrected chi connectivity index (χ4v) is 2.53. The smallest absolute Gasteiger partial charge is 0.119 e. The van der Waals surface area contributed by atoms with Gasteiger partial charge in [0.1, 0.15) is 5.01 Å². The van der Waals surface area contributed by atoms with E-state index in [4.69, 9.17) is 5.11 Å². The van der Waals surface area contributed by atoms with Gasteiger partial charge in [0.25, 0.3) is 0 Å². The van der Waals surface area contributed by atoms with Gasteiger partial charge in [-0.1, -0.05) is 36.4 Å². The van der Waals surface area contributed by atoms with Crippen LogP contribution in [0.3, 0.4) is 0 Å². The highest BCUT2D eigenvalue weighted by Gasteiger charge is 2.04. The highest BCUT2D eigenvalue weighted by Crippen LogP contribution is 2.25. The molecule has 1 aromatic heterocycles. The van der Waals surface area contributed by atoms with Gasteiger partial charge in [-0.15, -0.1) is 11.3 Å². The predicted molar refractivity (Wildman–Crippen MR) is 71.0 cm³/mol. The maximum Gasteiger partial charge on any atom is 0.119 e. The summed E-state index contributed by atoms with van der Waals surface area (Å²) >= 11 is 1.49. The zero-order valence-corrected chi connectivity index (χ0v) is 9.95. The molecule has 3 aromatic rings. The molecule has 0 bridgehead atoms. The predicted octanol–water partition coefficient (Wildman–Crippen LogP) is 3.46. The molecule has 1 N–H and O–H groups in total. The van der Waals surface area contributed by atoms with Crippen LogP contribution in [0.2, 0.25) is 0 Å². The number of fused-ring (bicyclic) bond motifs is 1. The summed E-state index contributed by atoms with van der Waals surface area (Å²) in [6.07, 6.45) is 0. The first-order chi connectivity index (χ1) is 8.36. The van der Waals surface area contributed by atoms with E-state index in [2.05, 4.69) is 35.3 Å². The number of nitrogens with zero attached hydrogens (tertiary/aromatic N) is 1. The van der Waals surface area contributed by atoms with Crippen molar-refractivity contribution in [3.8, 4) is 11.3 Å². The highest BCUT2D eigenvalue weighted by molar-refractivity contribution is 7.09. The Labute approximate surface area is 103 Å². The molecule has 0 radical (unpaired) electrons. The van der Waals surface area contributed by atoms with Crippen LogP contribution >= 0.6 is 11.3 Å². The quantitative estimate of drug-likeness (QED) is 0.745. The van der Waals surface area contributed by atoms with Crippen molar-refractivity contribution in [2.45, 2.75) is 6.61 Å². The zero-order chi connectivity index (χ0) is 11.7. The second-order valence-electron chi connectivity index (χ2n) is 3.85. The minimum absolute atomic E-state index is 0.0122. The van der Waals surface area contributed by atoms with Crippen molar-refractivity contribution in [1.82, 2.24) is 4.98 Å². The molecule has 2 aromatic carbocycles. The van der Waals surface area contributed by atoms with Gasteiger partial charge in [-0.05, 0) is 16.8 Å². The number of benzene rings is 2. The van der Waals surface area contributed by atoms with Gasteiger partial charge in [0.2, 0.25) is 0 Å². The summed E-state index contributed by atoms with van der Waals surface area (Å²) in [4.78, 5) is 4.37. The van der Waals surface area contributed by atoms with Gasteiger partial charge >= 0.3 is 0 Å². The molecule has 0 amide bonds. The van der Waals surface area contributed by atoms with Crippen molar-refractivity contribution in [3.63, 3.8) is 0 Å². The summed E-state index contributed by atoms with van der Waals surface area (Å²) in [5, 5.41) is 14.2. The molecular weight excluding hydrogens is 230 g/mol. The lowest BCUT2D eigenvalue weighted by Crippen LogP contribution is -1.82. The number of aromatic nitrogens is 1. The monoisotopic (exact) mass is 241 g/mol. The molecule has 0 unspecified atom stereocenters. The Morgan fingerprint density at radius 3 is 2.65 bits per heavy atom. The molecule has 84 valence electrons. The van der Waals surface area contributed by atoms with Crippen LogP contribution in [0.15, 0.2) is 47.8 Å². The Kier molecular flexibility index (Phi) is 2.63. The maximum atomic E-state index is 9.02. The van der Waals surface area contributed by atoms with E-state index in [9.17, 15) is 0 Å². The van der Waals surface area contributed by atoms with Crippen LogP contribution in [0.5, 0.6) is 0 Å². The van der Waals surface area contributed by atoms with E-state index in [1.54, 1.807) is 0 Å². The average Bonchev–Trinajstić information content (AvgIpc) is 2.87. The van der Waals surface area contributed by atoms with Gasteiger partial charge in [-0.2, -0.15) is 0 Å². The minimum Gasteiger partial charge on any atom is -0.389 e. The molecule has 0 saturated heterocycles. The Bertz CT molecular complexity index is 660. The summed E-state index contributed by atoms with van der Waals surface area (Å²) in [6.45, 7) is 0.0122. The fraction of sp³-hybridized carbons (Fsp3) is 0.0714. The zero-order valence-electron chi connectivity index (χ0n) is 9.13. The molecule has 0 fully saturated rings. The minimum atomic E-state index is 0.0122. The molecule has 1 heterocycles. The third-order valence-electron chi connectivity index (χ3n) is 2.73. The molecular formula is C14H11NOS. The lowest BCUT2D eigenvalue weighted by atomic mass is 10.1. The Balaban J connectivity index is 2.11. The lowest BCUT2D eigenvalue weighted by molar-refractivity contribution is 0.281. The average molecular weight is 241 g/mol. The number of hydrogen-bond acceptors (Lipinski definition) is 3. The highest BCUT2D eigenvalue weighted by atomic mass is 32.1. The third kappa shape index (κ3) is 1.95. The van der Waals surface area contributed by atoms with E-state index in [0.29, 0.717) is 0 Å². The molecule has 0 aliphatic carbocycles. The number of aliphatic hydroxyl groups is 1. The van der Waals surface area contributed by atoms with E-state index in [0.717, 1.165) is 16.3 Å². The molecule has 17 heavy (non-hydrogen) atoms. The van der Waals surface area contributed by atoms with Crippen molar-refractivity contribution >= 4 is 22.1 Å². The first-order valence-electron chi connectivity index (χ1n) is 5.41. The molecule has 0 aliphatic rings. The van der Waals surface area contributed by atoms with Crippen LogP contribution in [0, 0.1) is 0 Å². The van der Waals surface area contributed by atoms with Crippen LogP contribution in [0.1, 0.15) is 5.01 Å². The van der Waals surface area contributed by atoms with Gasteiger partial charge in [-0.3, -0.25) is 0 Å². The van der Waals surface area contributed by atoms with Gasteiger partial charge in [0.05, 0.1) is 12.3 Å². The molecule has 3 rings (SSSR count). The van der Waals surface area contributed by atoms with Gasteiger partial charge < -0.3 is 5.11 Å². The molecule has 0 spiro atoms. The number of thiazole rings is 1. The van der Waals surface area contributed by atoms with E-state index >= 15 is 0 Å². The summed E-state index contributed by atoms with van der Waals surface area (Å²) in [5.74, 6) is 0. The Morgan fingerprint density at radius 1 is 1.06 bits per heavy atom. The SMILES string of the molecule is OCc1nc(-c2ccc3ccccc3c2)cs1. The van der Waals surface area contributed by atoms with E-state index in [-0.39, 0.29) is 6.61 Å². The molecule has 0 saturated carbocycles. The second kappa shape index (κ2) is 4.28. The summed E-state index contributed by atoms with van der Waals surface area (Å²) < 4.78 is 0. The summed E-state index contributed by atoms with van der Waals surface area (Å²) in [6, 6.07) is 14.6. The lowest BCUT2D eigenvalue weighted by Gasteiger charge is -2.00. The van der Waals surface area contributed by atoms with Gasteiger partial charge in [-0.25, -0.2) is 4.98 Å². The first-order valence-corrected chi connectivity index (χ1v) is 6.29. The van der Waals surface area contributed by atoms with E-state index in [1.807, 2.05) is 17.5 Å². The van der Waals surface area contributed by atoms with E-state index < -0.39 is 0 Å².